The van der Waals surface area contributed by atoms with E-state index < -0.39 is 17.6 Å². The van der Waals surface area contributed by atoms with Crippen LogP contribution in [-0.4, -0.2) is 43.5 Å². The Morgan fingerprint density at radius 2 is 2.33 bits per heavy atom. The van der Waals surface area contributed by atoms with Gasteiger partial charge in [0.1, 0.15) is 5.39 Å². The lowest BCUT2D eigenvalue weighted by molar-refractivity contribution is -0.158. The number of carboxylic acids is 1. The van der Waals surface area contributed by atoms with E-state index in [1.165, 1.54) is 6.20 Å². The molecule has 0 bridgehead atoms. The fourth-order valence-electron chi connectivity index (χ4n) is 4.31. The van der Waals surface area contributed by atoms with E-state index in [0.717, 1.165) is 20.9 Å². The summed E-state index contributed by atoms with van der Waals surface area (Å²) in [4.78, 5) is 31.3. The Labute approximate surface area is 191 Å². The number of aliphatic carboxylic acids is 1. The summed E-state index contributed by atoms with van der Waals surface area (Å²) in [6.45, 7) is 1.95. The second kappa shape index (κ2) is 7.99. The van der Waals surface area contributed by atoms with Gasteiger partial charge in [0.2, 0.25) is 0 Å². The molecule has 0 saturated carbocycles. The number of carbonyl (C=O) groups is 1. The van der Waals surface area contributed by atoms with Crippen LogP contribution in [0.4, 0.5) is 11.5 Å². The molecule has 2 atom stereocenters. The Balaban J connectivity index is 1.60. The normalized spacial score (nSPS) is 20.7. The minimum atomic E-state index is -1.03. The molecule has 5 rings (SSSR count). The molecular weight excluding hydrogens is 444 g/mol. The van der Waals surface area contributed by atoms with E-state index >= 15 is 0 Å². The predicted molar refractivity (Wildman–Crippen MR) is 123 cm³/mol. The number of fused-ring (bicyclic) bond motifs is 2. The molecule has 168 valence electrons. The van der Waals surface area contributed by atoms with Gasteiger partial charge in [-0.05, 0) is 44.0 Å². The Bertz CT molecular complexity index is 1470. The van der Waals surface area contributed by atoms with E-state index in [2.05, 4.69) is 21.4 Å². The van der Waals surface area contributed by atoms with E-state index in [4.69, 9.17) is 9.84 Å². The second-order valence-corrected chi connectivity index (χ2v) is 9.34. The number of hydrogen-bond donors (Lipinski definition) is 3. The molecule has 10 nitrogen and oxygen atoms in total. The van der Waals surface area contributed by atoms with Crippen molar-refractivity contribution >= 4 is 49.9 Å². The highest BCUT2D eigenvalue weighted by Gasteiger charge is 2.42. The zero-order valence-corrected chi connectivity index (χ0v) is 18.5. The van der Waals surface area contributed by atoms with Crippen LogP contribution in [0.3, 0.4) is 0 Å². The molecule has 4 aromatic rings. The number of nitrogens with one attached hydrogen (secondary N) is 2. The van der Waals surface area contributed by atoms with Crippen LogP contribution in [0, 0.1) is 18.3 Å². The number of carboxylic acid groups (broad SMARTS) is 1. The van der Waals surface area contributed by atoms with Crippen molar-refractivity contribution in [2.45, 2.75) is 37.8 Å². The smallest absolute Gasteiger partial charge is 0.332 e. The fraction of sp³-hybridized carbons (Fsp3) is 0.318. The molecular formula is C22H20N6O4S. The molecule has 2 unspecified atom stereocenters. The number of aromatic nitrogens is 4. The van der Waals surface area contributed by atoms with Gasteiger partial charge in [0.15, 0.2) is 11.9 Å². The number of pyridine rings is 1. The van der Waals surface area contributed by atoms with Crippen molar-refractivity contribution in [1.82, 2.24) is 19.7 Å². The van der Waals surface area contributed by atoms with E-state index in [1.54, 1.807) is 22.1 Å². The minimum Gasteiger partial charge on any atom is -0.479 e. The topological polar surface area (TPSA) is 146 Å². The third-order valence-corrected chi connectivity index (χ3v) is 6.85. The Morgan fingerprint density at radius 3 is 3.06 bits per heavy atom. The number of nitriles is 1. The third-order valence-electron chi connectivity index (χ3n) is 5.92. The van der Waals surface area contributed by atoms with Gasteiger partial charge >= 0.3 is 5.97 Å². The number of aryl methyl sites for hydroxylation is 1. The monoisotopic (exact) mass is 464 g/mol. The molecule has 0 aliphatic carbocycles. The maximum atomic E-state index is 12.8. The summed E-state index contributed by atoms with van der Waals surface area (Å²) in [5.41, 5.74) is 0.996. The van der Waals surface area contributed by atoms with E-state index in [9.17, 15) is 20.0 Å². The molecule has 11 heteroatoms. The zero-order valence-electron chi connectivity index (χ0n) is 17.7. The van der Waals surface area contributed by atoms with Crippen molar-refractivity contribution in [3.63, 3.8) is 0 Å². The zero-order chi connectivity index (χ0) is 23.2. The second-order valence-electron chi connectivity index (χ2n) is 8.10. The molecule has 4 heterocycles. The lowest BCUT2D eigenvalue weighted by Gasteiger charge is -2.38. The summed E-state index contributed by atoms with van der Waals surface area (Å²) >= 11 is 1.57. The number of thiazole rings is 1. The standard InChI is InChI=1S/C22H20N6O4S/c1-12-25-14-3-2-13(10-17(14)33-12)26-19-18-15(5-9-24-20(18)29)28(27-19)22(7-8-23)6-4-16(21(30)31)32-11-22/h2-3,5,9-10,16H,4,6-7,11H2,1H3,(H,24,29)(H,26,27)(H,30,31). The van der Waals surface area contributed by atoms with E-state index in [0.29, 0.717) is 23.1 Å². The van der Waals surface area contributed by atoms with Crippen LogP contribution >= 0.6 is 11.3 Å². The van der Waals surface area contributed by atoms with Gasteiger partial charge in [-0.25, -0.2) is 9.78 Å². The highest BCUT2D eigenvalue weighted by molar-refractivity contribution is 7.18. The van der Waals surface area contributed by atoms with Gasteiger partial charge < -0.3 is 20.1 Å². The number of nitrogens with zero attached hydrogens (tertiary/aromatic N) is 4. The van der Waals surface area contributed by atoms with Crippen LogP contribution < -0.4 is 10.9 Å². The van der Waals surface area contributed by atoms with Gasteiger partial charge in [-0.1, -0.05) is 0 Å². The number of benzene rings is 1. The predicted octanol–water partition coefficient (Wildman–Crippen LogP) is 3.26. The Kier molecular flexibility index (Phi) is 5.11. The van der Waals surface area contributed by atoms with Crippen molar-refractivity contribution in [3.8, 4) is 6.07 Å². The van der Waals surface area contributed by atoms with Crippen LogP contribution in [0.5, 0.6) is 0 Å². The van der Waals surface area contributed by atoms with Crippen molar-refractivity contribution in [1.29, 1.82) is 5.26 Å². The number of H-pyrrole nitrogens is 1. The molecule has 3 aromatic heterocycles. The van der Waals surface area contributed by atoms with Gasteiger partial charge in [0.05, 0.1) is 45.4 Å². The largest absolute Gasteiger partial charge is 0.479 e. The van der Waals surface area contributed by atoms with Crippen molar-refractivity contribution in [2.24, 2.45) is 0 Å². The number of aromatic amines is 1. The molecule has 0 radical (unpaired) electrons. The van der Waals surface area contributed by atoms with Crippen LogP contribution in [0.1, 0.15) is 24.3 Å². The molecule has 0 amide bonds. The molecule has 0 spiro atoms. The fourth-order valence-corrected chi connectivity index (χ4v) is 5.18. The van der Waals surface area contributed by atoms with Crippen LogP contribution in [0.2, 0.25) is 0 Å². The van der Waals surface area contributed by atoms with Crippen LogP contribution in [0.15, 0.2) is 35.3 Å². The number of rotatable bonds is 5. The van der Waals surface area contributed by atoms with Gasteiger partial charge in [0.25, 0.3) is 5.56 Å². The molecule has 1 aliphatic heterocycles. The summed E-state index contributed by atoms with van der Waals surface area (Å²) < 4.78 is 8.26. The van der Waals surface area contributed by atoms with Crippen LogP contribution in [0.25, 0.3) is 21.1 Å². The van der Waals surface area contributed by atoms with Crippen LogP contribution in [-0.2, 0) is 15.1 Å². The van der Waals surface area contributed by atoms with Crippen molar-refractivity contribution < 1.29 is 14.6 Å². The maximum absolute atomic E-state index is 12.8. The highest BCUT2D eigenvalue weighted by atomic mass is 32.1. The summed E-state index contributed by atoms with van der Waals surface area (Å²) in [6, 6.07) is 9.64. The molecule has 1 saturated heterocycles. The quantitative estimate of drug-likeness (QED) is 0.408. The average molecular weight is 465 g/mol. The summed E-state index contributed by atoms with van der Waals surface area (Å²) in [7, 11) is 0. The molecule has 1 fully saturated rings. The molecule has 1 aliphatic rings. The Hall–Kier alpha value is -3.75. The first-order valence-electron chi connectivity index (χ1n) is 10.4. The molecule has 1 aromatic carbocycles. The van der Waals surface area contributed by atoms with E-state index in [1.807, 2.05) is 25.1 Å². The summed E-state index contributed by atoms with van der Waals surface area (Å²) in [6.07, 6.45) is 1.30. The first-order chi connectivity index (χ1) is 15.9. The highest BCUT2D eigenvalue weighted by Crippen LogP contribution is 2.37. The Morgan fingerprint density at radius 1 is 1.48 bits per heavy atom. The first-order valence-corrected chi connectivity index (χ1v) is 11.2. The average Bonchev–Trinajstić information content (AvgIpc) is 3.35. The van der Waals surface area contributed by atoms with E-state index in [-0.39, 0.29) is 25.0 Å². The first kappa shape index (κ1) is 21.1. The molecule has 33 heavy (non-hydrogen) atoms. The number of anilines is 2. The lowest BCUT2D eigenvalue weighted by atomic mass is 9.87. The lowest BCUT2D eigenvalue weighted by Crippen LogP contribution is -2.46. The number of hydrogen-bond acceptors (Lipinski definition) is 8. The van der Waals surface area contributed by atoms with Gasteiger partial charge in [-0.15, -0.1) is 11.3 Å². The minimum absolute atomic E-state index is 0.00659. The van der Waals surface area contributed by atoms with Crippen molar-refractivity contribution in [2.75, 3.05) is 11.9 Å². The SMILES string of the molecule is Cc1nc2ccc(Nc3nn(C4(CC#N)CCC(C(=O)O)OC4)c4cc[nH]c(=O)c34)cc2s1. The van der Waals surface area contributed by atoms with Gasteiger partial charge in [0, 0.05) is 11.9 Å². The van der Waals surface area contributed by atoms with Crippen molar-refractivity contribution in [3.05, 3.63) is 45.8 Å². The third kappa shape index (κ3) is 3.63. The van der Waals surface area contributed by atoms with Gasteiger partial charge in [-0.3, -0.25) is 9.48 Å². The molecule has 3 N–H and O–H groups in total. The summed E-state index contributed by atoms with van der Waals surface area (Å²) in [5.74, 6) is -0.677. The summed E-state index contributed by atoms with van der Waals surface area (Å²) in [5, 5.41) is 28.1. The number of ether oxygens (including phenoxy) is 1. The van der Waals surface area contributed by atoms with Gasteiger partial charge in [-0.2, -0.15) is 10.4 Å². The maximum Gasteiger partial charge on any atom is 0.332 e.